The average molecular weight is 233 g/mol. The smallest absolute Gasteiger partial charge is 0.337 e. The van der Waals surface area contributed by atoms with E-state index in [2.05, 4.69) is 4.98 Å². The molecule has 1 amide bonds. The van der Waals surface area contributed by atoms with E-state index < -0.39 is 17.9 Å². The van der Waals surface area contributed by atoms with Crippen molar-refractivity contribution < 1.29 is 14.7 Å². The van der Waals surface area contributed by atoms with Crippen molar-refractivity contribution in [3.63, 3.8) is 0 Å². The number of carboxylic acid groups (broad SMARTS) is 1. The summed E-state index contributed by atoms with van der Waals surface area (Å²) in [4.78, 5) is 26.1. The van der Waals surface area contributed by atoms with Crippen molar-refractivity contribution in [2.24, 2.45) is 5.73 Å². The lowest BCUT2D eigenvalue weighted by atomic mass is 10.2. The van der Waals surface area contributed by atoms with E-state index in [1.807, 2.05) is 0 Å². The van der Waals surface area contributed by atoms with Crippen LogP contribution < -0.4 is 5.73 Å². The number of rotatable bonds is 3. The molecule has 0 fully saturated rings. The van der Waals surface area contributed by atoms with Gasteiger partial charge in [-0.3, -0.25) is 4.79 Å². The van der Waals surface area contributed by atoms with Crippen LogP contribution in [0.1, 0.15) is 23.3 Å². The van der Waals surface area contributed by atoms with E-state index in [-0.39, 0.29) is 5.56 Å². The molecule has 1 atom stereocenters. The third kappa shape index (κ3) is 1.73. The van der Waals surface area contributed by atoms with Gasteiger partial charge in [0.2, 0.25) is 5.91 Å². The Bertz CT molecular complexity index is 603. The van der Waals surface area contributed by atoms with Gasteiger partial charge in [-0.2, -0.15) is 0 Å². The second-order valence-corrected chi connectivity index (χ2v) is 3.71. The number of aromatic carboxylic acids is 1. The Kier molecular flexibility index (Phi) is 2.55. The highest BCUT2D eigenvalue weighted by Crippen LogP contribution is 2.20. The molecule has 1 heterocycles. The molecule has 1 aromatic carbocycles. The third-order valence-corrected chi connectivity index (χ3v) is 2.66. The fourth-order valence-corrected chi connectivity index (χ4v) is 1.68. The maximum absolute atomic E-state index is 11.1. The standard InChI is InChI=1S/C11H11N3O3/c1-6(10(12)15)14-5-13-9-7(11(16)17)3-2-4-8(9)14/h2-6H,1H3,(H2,12,15)(H,16,17). The van der Waals surface area contributed by atoms with Crippen LogP contribution in [0.15, 0.2) is 24.5 Å². The monoisotopic (exact) mass is 233 g/mol. The highest BCUT2D eigenvalue weighted by molar-refractivity contribution is 6.01. The zero-order valence-electron chi connectivity index (χ0n) is 9.12. The number of hydrogen-bond acceptors (Lipinski definition) is 3. The number of imidazole rings is 1. The number of nitrogens with two attached hydrogens (primary N) is 1. The molecule has 2 aromatic rings. The molecule has 2 rings (SSSR count). The van der Waals surface area contributed by atoms with Crippen LogP contribution in [0.2, 0.25) is 0 Å². The van der Waals surface area contributed by atoms with Crippen molar-refractivity contribution in [3.8, 4) is 0 Å². The van der Waals surface area contributed by atoms with E-state index in [0.717, 1.165) is 0 Å². The molecular weight excluding hydrogens is 222 g/mol. The van der Waals surface area contributed by atoms with Crippen LogP contribution in [0.4, 0.5) is 0 Å². The number of primary amides is 1. The van der Waals surface area contributed by atoms with Gasteiger partial charge in [-0.15, -0.1) is 0 Å². The van der Waals surface area contributed by atoms with E-state index >= 15 is 0 Å². The van der Waals surface area contributed by atoms with Crippen molar-refractivity contribution in [3.05, 3.63) is 30.1 Å². The number of hydrogen-bond donors (Lipinski definition) is 2. The van der Waals surface area contributed by atoms with Crippen molar-refractivity contribution in [2.75, 3.05) is 0 Å². The number of carboxylic acids is 1. The van der Waals surface area contributed by atoms with E-state index in [4.69, 9.17) is 10.8 Å². The molecule has 17 heavy (non-hydrogen) atoms. The number of carbonyl (C=O) groups is 2. The second kappa shape index (κ2) is 3.89. The number of nitrogens with zero attached hydrogens (tertiary/aromatic N) is 2. The Morgan fingerprint density at radius 3 is 2.76 bits per heavy atom. The summed E-state index contributed by atoms with van der Waals surface area (Å²) in [5.41, 5.74) is 6.26. The minimum atomic E-state index is -1.05. The number of aromatic nitrogens is 2. The van der Waals surface area contributed by atoms with Gasteiger partial charge < -0.3 is 15.4 Å². The Labute approximate surface area is 96.7 Å². The zero-order valence-corrected chi connectivity index (χ0v) is 9.12. The molecule has 88 valence electrons. The lowest BCUT2D eigenvalue weighted by molar-refractivity contribution is -0.120. The van der Waals surface area contributed by atoms with E-state index in [1.54, 1.807) is 23.6 Å². The fraction of sp³-hybridized carbons (Fsp3) is 0.182. The van der Waals surface area contributed by atoms with Crippen LogP contribution >= 0.6 is 0 Å². The summed E-state index contributed by atoms with van der Waals surface area (Å²) in [5, 5.41) is 9.00. The zero-order chi connectivity index (χ0) is 12.6. The summed E-state index contributed by atoms with van der Waals surface area (Å²) in [5.74, 6) is -1.54. The number of amides is 1. The lowest BCUT2D eigenvalue weighted by Gasteiger charge is -2.09. The largest absolute Gasteiger partial charge is 0.478 e. The van der Waals surface area contributed by atoms with Gasteiger partial charge in [-0.25, -0.2) is 9.78 Å². The van der Waals surface area contributed by atoms with Crippen molar-refractivity contribution >= 4 is 22.9 Å². The molecule has 6 nitrogen and oxygen atoms in total. The van der Waals surface area contributed by atoms with Crippen LogP contribution in [-0.2, 0) is 4.79 Å². The predicted octanol–water partition coefficient (Wildman–Crippen LogP) is 0.781. The summed E-state index contributed by atoms with van der Waals surface area (Å²) in [6.07, 6.45) is 1.42. The molecular formula is C11H11N3O3. The first-order valence-corrected chi connectivity index (χ1v) is 5.00. The molecule has 0 aliphatic rings. The molecule has 6 heteroatoms. The average Bonchev–Trinajstić information content (AvgIpc) is 2.70. The Hall–Kier alpha value is -2.37. The SMILES string of the molecule is CC(C(N)=O)n1cnc2c(C(=O)O)cccc21. The molecule has 0 saturated carbocycles. The third-order valence-electron chi connectivity index (χ3n) is 2.66. The first-order valence-electron chi connectivity index (χ1n) is 5.00. The van der Waals surface area contributed by atoms with Gasteiger partial charge in [0.15, 0.2) is 0 Å². The minimum absolute atomic E-state index is 0.109. The van der Waals surface area contributed by atoms with Gasteiger partial charge >= 0.3 is 5.97 Å². The molecule has 0 bridgehead atoms. The molecule has 0 aliphatic carbocycles. The fourth-order valence-electron chi connectivity index (χ4n) is 1.68. The summed E-state index contributed by atoms with van der Waals surface area (Å²) in [6, 6.07) is 4.21. The first kappa shape index (κ1) is 11.1. The quantitative estimate of drug-likeness (QED) is 0.818. The Morgan fingerprint density at radius 1 is 1.47 bits per heavy atom. The van der Waals surface area contributed by atoms with Crippen LogP contribution in [0, 0.1) is 0 Å². The maximum Gasteiger partial charge on any atom is 0.337 e. The first-order chi connectivity index (χ1) is 8.02. The summed E-state index contributed by atoms with van der Waals surface area (Å²) in [6.45, 7) is 1.64. The molecule has 1 aromatic heterocycles. The van der Waals surface area contributed by atoms with Crippen LogP contribution in [-0.4, -0.2) is 26.5 Å². The lowest BCUT2D eigenvalue weighted by Crippen LogP contribution is -2.23. The molecule has 0 saturated heterocycles. The maximum atomic E-state index is 11.1. The molecule has 0 aliphatic heterocycles. The van der Waals surface area contributed by atoms with Crippen molar-refractivity contribution in [2.45, 2.75) is 13.0 Å². The highest BCUT2D eigenvalue weighted by Gasteiger charge is 2.17. The second-order valence-electron chi connectivity index (χ2n) is 3.71. The highest BCUT2D eigenvalue weighted by atomic mass is 16.4. The van der Waals surface area contributed by atoms with Crippen LogP contribution in [0.3, 0.4) is 0 Å². The van der Waals surface area contributed by atoms with Gasteiger partial charge in [0.05, 0.1) is 17.4 Å². The molecule has 0 spiro atoms. The molecule has 1 unspecified atom stereocenters. The Morgan fingerprint density at radius 2 is 2.18 bits per heavy atom. The summed E-state index contributed by atoms with van der Waals surface area (Å²) >= 11 is 0. The van der Waals surface area contributed by atoms with Crippen molar-refractivity contribution in [1.82, 2.24) is 9.55 Å². The number of para-hydroxylation sites is 1. The van der Waals surface area contributed by atoms with Crippen molar-refractivity contribution in [1.29, 1.82) is 0 Å². The van der Waals surface area contributed by atoms with Gasteiger partial charge in [0.25, 0.3) is 0 Å². The number of fused-ring (bicyclic) bond motifs is 1. The van der Waals surface area contributed by atoms with Gasteiger partial charge in [-0.05, 0) is 19.1 Å². The minimum Gasteiger partial charge on any atom is -0.478 e. The van der Waals surface area contributed by atoms with Gasteiger partial charge in [0, 0.05) is 0 Å². The molecule has 3 N–H and O–H groups in total. The predicted molar refractivity (Wildman–Crippen MR) is 60.6 cm³/mol. The number of benzene rings is 1. The van der Waals surface area contributed by atoms with E-state index in [1.165, 1.54) is 12.4 Å². The topological polar surface area (TPSA) is 98.2 Å². The number of carbonyl (C=O) groups excluding carboxylic acids is 1. The van der Waals surface area contributed by atoms with Crippen LogP contribution in [0.25, 0.3) is 11.0 Å². The summed E-state index contributed by atoms with van der Waals surface area (Å²) in [7, 11) is 0. The van der Waals surface area contributed by atoms with Gasteiger partial charge in [0.1, 0.15) is 11.6 Å². The van der Waals surface area contributed by atoms with E-state index in [0.29, 0.717) is 11.0 Å². The summed E-state index contributed by atoms with van der Waals surface area (Å²) < 4.78 is 1.56. The van der Waals surface area contributed by atoms with Gasteiger partial charge in [-0.1, -0.05) is 6.07 Å². The Balaban J connectivity index is 2.66. The normalized spacial score (nSPS) is 12.5. The van der Waals surface area contributed by atoms with E-state index in [9.17, 15) is 9.59 Å². The van der Waals surface area contributed by atoms with Crippen LogP contribution in [0.5, 0.6) is 0 Å². The molecule has 0 radical (unpaired) electrons.